The normalized spacial score (nSPS) is 16.2. The molecule has 6 heteroatoms. The van der Waals surface area contributed by atoms with Crippen molar-refractivity contribution in [3.8, 4) is 0 Å². The number of rotatable bonds is 6. The predicted molar refractivity (Wildman–Crippen MR) is 116 cm³/mol. The van der Waals surface area contributed by atoms with E-state index >= 15 is 0 Å². The lowest BCUT2D eigenvalue weighted by atomic mass is 10.2. The average Bonchev–Trinajstić information content (AvgIpc) is 2.86. The highest BCUT2D eigenvalue weighted by Gasteiger charge is 2.24. The Balaban J connectivity index is 1.48. The van der Waals surface area contributed by atoms with Crippen molar-refractivity contribution in [2.24, 2.45) is 0 Å². The Morgan fingerprint density at radius 1 is 1.18 bits per heavy atom. The zero-order chi connectivity index (χ0) is 19.9. The Bertz CT molecular complexity index is 823. The molecular formula is C22H25NO3S2. The Morgan fingerprint density at radius 3 is 2.71 bits per heavy atom. The zero-order valence-corrected chi connectivity index (χ0v) is 17.9. The largest absolute Gasteiger partial charge is 0.456 e. The number of ether oxygens (including phenoxy) is 1. The second kappa shape index (κ2) is 10.0. The molecule has 0 aromatic heterocycles. The third-order valence-corrected chi connectivity index (χ3v) is 6.75. The smallest absolute Gasteiger partial charge is 0.307 e. The first-order valence-electron chi connectivity index (χ1n) is 9.44. The lowest BCUT2D eigenvalue weighted by Crippen LogP contribution is -2.35. The van der Waals surface area contributed by atoms with E-state index in [0.717, 1.165) is 21.9 Å². The van der Waals surface area contributed by atoms with Crippen LogP contribution in [0.5, 0.6) is 0 Å². The van der Waals surface area contributed by atoms with Crippen LogP contribution in [0.4, 0.5) is 5.69 Å². The standard InChI is InChI=1S/C22H25NO3S2/c1-16-7-9-18(10-8-16)27-14-12-22(25)26-15-21(24)23-13-11-17(2)28-20-6-4-3-5-19(20)23/h3-10,17H,11-15H2,1-2H3/t17-/m1/s1. The SMILES string of the molecule is Cc1ccc(SCCC(=O)OCC(=O)N2CC[C@@H](C)Sc3ccccc32)cc1. The van der Waals surface area contributed by atoms with E-state index in [1.165, 1.54) is 5.56 Å². The molecule has 1 aliphatic rings. The third kappa shape index (κ3) is 5.79. The molecule has 0 radical (unpaired) electrons. The summed E-state index contributed by atoms with van der Waals surface area (Å²) in [5.74, 6) is 0.136. The number of para-hydroxylation sites is 1. The van der Waals surface area contributed by atoms with Crippen LogP contribution in [0.2, 0.25) is 0 Å². The van der Waals surface area contributed by atoms with Gasteiger partial charge in [0, 0.05) is 27.3 Å². The van der Waals surface area contributed by atoms with Gasteiger partial charge in [0.1, 0.15) is 0 Å². The summed E-state index contributed by atoms with van der Waals surface area (Å²) >= 11 is 3.40. The monoisotopic (exact) mass is 415 g/mol. The maximum atomic E-state index is 12.7. The fraction of sp³-hybridized carbons (Fsp3) is 0.364. The number of benzene rings is 2. The number of nitrogens with zero attached hydrogens (tertiary/aromatic N) is 1. The van der Waals surface area contributed by atoms with Crippen LogP contribution in [-0.4, -0.2) is 36.0 Å². The number of hydrogen-bond donors (Lipinski definition) is 0. The molecule has 0 N–H and O–H groups in total. The summed E-state index contributed by atoms with van der Waals surface area (Å²) in [5, 5.41) is 0.445. The number of anilines is 1. The van der Waals surface area contributed by atoms with E-state index in [1.807, 2.05) is 43.3 Å². The van der Waals surface area contributed by atoms with Gasteiger partial charge in [0.2, 0.25) is 0 Å². The fourth-order valence-electron chi connectivity index (χ4n) is 2.92. The van der Waals surface area contributed by atoms with Gasteiger partial charge in [-0.1, -0.05) is 36.8 Å². The minimum atomic E-state index is -0.334. The van der Waals surface area contributed by atoms with Crippen molar-refractivity contribution in [1.29, 1.82) is 0 Å². The first-order chi connectivity index (χ1) is 13.5. The van der Waals surface area contributed by atoms with Gasteiger partial charge >= 0.3 is 5.97 Å². The van der Waals surface area contributed by atoms with Crippen molar-refractivity contribution in [2.45, 2.75) is 41.7 Å². The number of carbonyl (C=O) groups is 2. The molecule has 4 nitrogen and oxygen atoms in total. The maximum Gasteiger partial charge on any atom is 0.307 e. The fourth-order valence-corrected chi connectivity index (χ4v) is 4.87. The molecule has 1 heterocycles. The van der Waals surface area contributed by atoms with Crippen molar-refractivity contribution >= 4 is 41.1 Å². The molecule has 0 saturated heterocycles. The number of carbonyl (C=O) groups excluding carboxylic acids is 2. The molecule has 0 saturated carbocycles. The van der Waals surface area contributed by atoms with E-state index in [9.17, 15) is 9.59 Å². The molecule has 0 spiro atoms. The van der Waals surface area contributed by atoms with Gasteiger partial charge in [-0.05, 0) is 37.6 Å². The summed E-state index contributed by atoms with van der Waals surface area (Å²) in [5.41, 5.74) is 2.12. The summed E-state index contributed by atoms with van der Waals surface area (Å²) in [6.45, 7) is 4.65. The van der Waals surface area contributed by atoms with Gasteiger partial charge in [-0.25, -0.2) is 0 Å². The third-order valence-electron chi connectivity index (χ3n) is 4.50. The molecule has 1 aliphatic heterocycles. The molecule has 148 valence electrons. The first kappa shape index (κ1) is 20.8. The van der Waals surface area contributed by atoms with Crippen LogP contribution in [0.3, 0.4) is 0 Å². The number of esters is 1. The van der Waals surface area contributed by atoms with Gasteiger partial charge in [0.15, 0.2) is 6.61 Å². The van der Waals surface area contributed by atoms with Crippen LogP contribution < -0.4 is 4.90 Å². The van der Waals surface area contributed by atoms with Gasteiger partial charge < -0.3 is 9.64 Å². The second-order valence-electron chi connectivity index (χ2n) is 6.80. The van der Waals surface area contributed by atoms with Gasteiger partial charge in [-0.15, -0.1) is 23.5 Å². The first-order valence-corrected chi connectivity index (χ1v) is 11.3. The van der Waals surface area contributed by atoms with Crippen molar-refractivity contribution in [3.05, 3.63) is 54.1 Å². The van der Waals surface area contributed by atoms with Crippen LogP contribution in [0.1, 0.15) is 25.3 Å². The van der Waals surface area contributed by atoms with Crippen LogP contribution in [0.15, 0.2) is 58.3 Å². The van der Waals surface area contributed by atoms with E-state index in [0.29, 0.717) is 17.5 Å². The maximum absolute atomic E-state index is 12.7. The highest BCUT2D eigenvalue weighted by molar-refractivity contribution is 8.00. The molecule has 28 heavy (non-hydrogen) atoms. The summed E-state index contributed by atoms with van der Waals surface area (Å²) in [7, 11) is 0. The predicted octanol–water partition coefficient (Wildman–Crippen LogP) is 4.94. The van der Waals surface area contributed by atoms with Crippen molar-refractivity contribution < 1.29 is 14.3 Å². The lowest BCUT2D eigenvalue weighted by molar-refractivity contribution is -0.147. The summed E-state index contributed by atoms with van der Waals surface area (Å²) in [4.78, 5) is 28.7. The number of hydrogen-bond acceptors (Lipinski definition) is 5. The number of fused-ring (bicyclic) bond motifs is 1. The van der Waals surface area contributed by atoms with Gasteiger partial charge in [0.25, 0.3) is 5.91 Å². The Hall–Kier alpha value is -1.92. The van der Waals surface area contributed by atoms with Gasteiger partial charge in [0.05, 0.1) is 12.1 Å². The lowest BCUT2D eigenvalue weighted by Gasteiger charge is -2.22. The van der Waals surface area contributed by atoms with Crippen LogP contribution in [0, 0.1) is 6.92 Å². The number of thioether (sulfide) groups is 2. The van der Waals surface area contributed by atoms with Gasteiger partial charge in [-0.3, -0.25) is 9.59 Å². The molecular weight excluding hydrogens is 390 g/mol. The molecule has 0 bridgehead atoms. The molecule has 2 aromatic carbocycles. The van der Waals surface area contributed by atoms with Gasteiger partial charge in [-0.2, -0.15) is 0 Å². The van der Waals surface area contributed by atoms with Crippen LogP contribution in [-0.2, 0) is 14.3 Å². The van der Waals surface area contributed by atoms with E-state index in [1.54, 1.807) is 28.4 Å². The van der Waals surface area contributed by atoms with Crippen LogP contribution >= 0.6 is 23.5 Å². The second-order valence-corrected chi connectivity index (χ2v) is 9.45. The Kier molecular flexibility index (Phi) is 7.45. The summed E-state index contributed by atoms with van der Waals surface area (Å²) < 4.78 is 5.25. The summed E-state index contributed by atoms with van der Waals surface area (Å²) in [6, 6.07) is 16.1. The molecule has 1 atom stereocenters. The summed E-state index contributed by atoms with van der Waals surface area (Å²) in [6.07, 6.45) is 1.20. The number of aryl methyl sites for hydroxylation is 1. The molecule has 0 unspecified atom stereocenters. The quantitative estimate of drug-likeness (QED) is 0.494. The molecule has 2 aromatic rings. The minimum absolute atomic E-state index is 0.165. The number of amides is 1. The van der Waals surface area contributed by atoms with Crippen molar-refractivity contribution in [1.82, 2.24) is 0 Å². The van der Waals surface area contributed by atoms with E-state index < -0.39 is 0 Å². The van der Waals surface area contributed by atoms with E-state index in [2.05, 4.69) is 19.1 Å². The zero-order valence-electron chi connectivity index (χ0n) is 16.2. The Morgan fingerprint density at radius 2 is 1.93 bits per heavy atom. The van der Waals surface area contributed by atoms with E-state index in [4.69, 9.17) is 4.74 Å². The van der Waals surface area contributed by atoms with E-state index in [-0.39, 0.29) is 24.9 Å². The van der Waals surface area contributed by atoms with Crippen LogP contribution in [0.25, 0.3) is 0 Å². The molecule has 3 rings (SSSR count). The topological polar surface area (TPSA) is 46.6 Å². The highest BCUT2D eigenvalue weighted by Crippen LogP contribution is 2.37. The van der Waals surface area contributed by atoms with Crippen molar-refractivity contribution in [2.75, 3.05) is 23.8 Å². The Labute approximate surface area is 175 Å². The molecule has 0 fully saturated rings. The highest BCUT2D eigenvalue weighted by atomic mass is 32.2. The minimum Gasteiger partial charge on any atom is -0.456 e. The average molecular weight is 416 g/mol. The molecule has 0 aliphatic carbocycles. The molecule has 1 amide bonds. The van der Waals surface area contributed by atoms with Crippen molar-refractivity contribution in [3.63, 3.8) is 0 Å².